The van der Waals surface area contributed by atoms with Crippen LogP contribution >= 0.6 is 0 Å². The first-order valence-corrected chi connectivity index (χ1v) is 7.71. The number of aromatic nitrogens is 1. The van der Waals surface area contributed by atoms with E-state index in [0.29, 0.717) is 12.1 Å². The second-order valence-corrected chi connectivity index (χ2v) is 5.55. The molecule has 0 amide bonds. The molecule has 1 aliphatic heterocycles. The second-order valence-electron chi connectivity index (χ2n) is 5.55. The molecule has 1 aromatic heterocycles. The molecule has 0 aliphatic carbocycles. The fourth-order valence-electron chi connectivity index (χ4n) is 2.83. The quantitative estimate of drug-likeness (QED) is 0.898. The van der Waals surface area contributed by atoms with Crippen molar-refractivity contribution in [2.45, 2.75) is 51.8 Å². The van der Waals surface area contributed by atoms with Gasteiger partial charge in [0.15, 0.2) is 0 Å². The summed E-state index contributed by atoms with van der Waals surface area (Å²) < 4.78 is 5.76. The maximum absolute atomic E-state index is 5.76. The molecule has 4 nitrogen and oxygen atoms in total. The van der Waals surface area contributed by atoms with Crippen molar-refractivity contribution in [3.8, 4) is 0 Å². The summed E-state index contributed by atoms with van der Waals surface area (Å²) in [5.74, 6) is 0. The number of anilines is 1. The molecular weight excluding hydrogens is 250 g/mol. The molecule has 0 aromatic carbocycles. The van der Waals surface area contributed by atoms with E-state index < -0.39 is 0 Å². The molecule has 1 N–H and O–H groups in total. The summed E-state index contributed by atoms with van der Waals surface area (Å²) in [5, 5.41) is 3.30. The summed E-state index contributed by atoms with van der Waals surface area (Å²) in [4.78, 5) is 7.08. The highest BCUT2D eigenvalue weighted by molar-refractivity contribution is 5.46. The number of nitrogens with one attached hydrogen (secondary N) is 1. The zero-order chi connectivity index (χ0) is 14.5. The summed E-state index contributed by atoms with van der Waals surface area (Å²) in [7, 11) is 1.99. The van der Waals surface area contributed by atoms with Gasteiger partial charge >= 0.3 is 0 Å². The van der Waals surface area contributed by atoms with Crippen molar-refractivity contribution in [1.82, 2.24) is 10.3 Å². The monoisotopic (exact) mass is 277 g/mol. The minimum Gasteiger partial charge on any atom is -0.375 e. The van der Waals surface area contributed by atoms with Gasteiger partial charge < -0.3 is 15.0 Å². The Morgan fingerprint density at radius 3 is 2.80 bits per heavy atom. The van der Waals surface area contributed by atoms with Crippen LogP contribution in [0.1, 0.15) is 45.3 Å². The third-order valence-corrected chi connectivity index (χ3v) is 4.16. The van der Waals surface area contributed by atoms with Crippen LogP contribution in [0, 0.1) is 0 Å². The van der Waals surface area contributed by atoms with E-state index in [1.54, 1.807) is 0 Å². The first kappa shape index (κ1) is 15.3. The highest BCUT2D eigenvalue weighted by Gasteiger charge is 2.26. The van der Waals surface area contributed by atoms with Crippen LogP contribution < -0.4 is 10.2 Å². The van der Waals surface area contributed by atoms with Crippen LogP contribution in [0.3, 0.4) is 0 Å². The molecule has 0 saturated carbocycles. The van der Waals surface area contributed by atoms with Gasteiger partial charge in [-0.05, 0) is 38.9 Å². The van der Waals surface area contributed by atoms with E-state index in [9.17, 15) is 0 Å². The average molecular weight is 277 g/mol. The van der Waals surface area contributed by atoms with Crippen LogP contribution in [0.25, 0.3) is 0 Å². The summed E-state index contributed by atoms with van der Waals surface area (Å²) in [5.41, 5.74) is 2.33. The number of ether oxygens (including phenoxy) is 1. The number of pyridine rings is 1. The first-order chi connectivity index (χ1) is 9.69. The van der Waals surface area contributed by atoms with Crippen molar-refractivity contribution < 1.29 is 4.74 Å². The van der Waals surface area contributed by atoms with Crippen molar-refractivity contribution in [2.24, 2.45) is 0 Å². The van der Waals surface area contributed by atoms with Gasteiger partial charge in [-0.15, -0.1) is 0 Å². The maximum atomic E-state index is 5.76. The number of hydrogen-bond donors (Lipinski definition) is 1. The van der Waals surface area contributed by atoms with Crippen molar-refractivity contribution in [3.05, 3.63) is 24.0 Å². The van der Waals surface area contributed by atoms with Crippen LogP contribution in [0.4, 0.5) is 5.69 Å². The number of hydrogen-bond acceptors (Lipinski definition) is 4. The molecule has 112 valence electrons. The number of rotatable bonds is 5. The molecule has 2 rings (SSSR count). The Balaban J connectivity index is 2.15. The molecule has 0 bridgehead atoms. The Labute approximate surface area is 122 Å². The van der Waals surface area contributed by atoms with E-state index in [1.807, 2.05) is 13.2 Å². The van der Waals surface area contributed by atoms with E-state index in [1.165, 1.54) is 5.69 Å². The Morgan fingerprint density at radius 1 is 1.45 bits per heavy atom. The van der Waals surface area contributed by atoms with Gasteiger partial charge in [-0.1, -0.05) is 13.8 Å². The van der Waals surface area contributed by atoms with E-state index in [-0.39, 0.29) is 6.10 Å². The highest BCUT2D eigenvalue weighted by Crippen LogP contribution is 2.24. The largest absolute Gasteiger partial charge is 0.375 e. The topological polar surface area (TPSA) is 37.4 Å². The minimum atomic E-state index is 0.290. The molecule has 20 heavy (non-hydrogen) atoms. The Kier molecular flexibility index (Phi) is 5.38. The fourth-order valence-corrected chi connectivity index (χ4v) is 2.83. The number of nitrogens with zero attached hydrogens (tertiary/aromatic N) is 2. The molecular formula is C16H27N3O. The van der Waals surface area contributed by atoms with Crippen molar-refractivity contribution in [1.29, 1.82) is 0 Å². The highest BCUT2D eigenvalue weighted by atomic mass is 16.5. The van der Waals surface area contributed by atoms with Crippen molar-refractivity contribution >= 4 is 5.69 Å². The molecule has 0 spiro atoms. The Hall–Kier alpha value is -1.13. The average Bonchev–Trinajstić information content (AvgIpc) is 2.49. The lowest BCUT2D eigenvalue weighted by Gasteiger charge is -2.39. The molecule has 3 atom stereocenters. The molecule has 1 saturated heterocycles. The van der Waals surface area contributed by atoms with Crippen LogP contribution in [0.5, 0.6) is 0 Å². The summed E-state index contributed by atoms with van der Waals surface area (Å²) >= 11 is 0. The van der Waals surface area contributed by atoms with Crippen molar-refractivity contribution in [2.75, 3.05) is 25.1 Å². The van der Waals surface area contributed by atoms with E-state index in [0.717, 1.165) is 31.7 Å². The smallest absolute Gasteiger partial charge is 0.0723 e. The van der Waals surface area contributed by atoms with E-state index >= 15 is 0 Å². The standard InChI is InChI=1S/C16H27N3O/c1-5-13-11-20-12(3)10-19(13)14-7-8-16(18-9-14)15(6-2)17-4/h7-9,12-13,15,17H,5-6,10-11H2,1-4H3. The lowest BCUT2D eigenvalue weighted by Crippen LogP contribution is -2.48. The van der Waals surface area contributed by atoms with Gasteiger partial charge in [0.25, 0.3) is 0 Å². The summed E-state index contributed by atoms with van der Waals surface area (Å²) in [6, 6.07) is 5.15. The fraction of sp³-hybridized carbons (Fsp3) is 0.688. The predicted octanol–water partition coefficient (Wildman–Crippen LogP) is 2.76. The van der Waals surface area contributed by atoms with E-state index in [2.05, 4.69) is 48.1 Å². The number of morpholine rings is 1. The van der Waals surface area contributed by atoms with Crippen LogP contribution in [-0.2, 0) is 4.74 Å². The zero-order valence-corrected chi connectivity index (χ0v) is 13.1. The van der Waals surface area contributed by atoms with Crippen LogP contribution in [0.2, 0.25) is 0 Å². The summed E-state index contributed by atoms with van der Waals surface area (Å²) in [6.07, 6.45) is 4.45. The second kappa shape index (κ2) is 7.04. The van der Waals surface area contributed by atoms with Gasteiger partial charge in [-0.2, -0.15) is 0 Å². The molecule has 1 aliphatic rings. The van der Waals surface area contributed by atoms with Crippen LogP contribution in [0.15, 0.2) is 18.3 Å². The van der Waals surface area contributed by atoms with Gasteiger partial charge in [-0.25, -0.2) is 0 Å². The van der Waals surface area contributed by atoms with Gasteiger partial charge in [0.05, 0.1) is 36.3 Å². The molecule has 4 heteroatoms. The third kappa shape index (κ3) is 3.30. The SMILES string of the molecule is CCC(NC)c1ccc(N2CC(C)OCC2CC)cn1. The third-order valence-electron chi connectivity index (χ3n) is 4.16. The van der Waals surface area contributed by atoms with E-state index in [4.69, 9.17) is 4.74 Å². The maximum Gasteiger partial charge on any atom is 0.0723 e. The summed E-state index contributed by atoms with van der Waals surface area (Å²) in [6.45, 7) is 8.28. The molecule has 2 heterocycles. The van der Waals surface area contributed by atoms with Gasteiger partial charge in [0.2, 0.25) is 0 Å². The Bertz CT molecular complexity index is 403. The predicted molar refractivity (Wildman–Crippen MR) is 83.2 cm³/mol. The lowest BCUT2D eigenvalue weighted by molar-refractivity contribution is 0.0299. The molecule has 1 fully saturated rings. The van der Waals surface area contributed by atoms with Gasteiger partial charge in [0.1, 0.15) is 0 Å². The molecule has 3 unspecified atom stereocenters. The molecule has 1 aromatic rings. The minimum absolute atomic E-state index is 0.290. The van der Waals surface area contributed by atoms with Crippen molar-refractivity contribution in [3.63, 3.8) is 0 Å². The zero-order valence-electron chi connectivity index (χ0n) is 13.1. The van der Waals surface area contributed by atoms with Crippen LogP contribution in [-0.4, -0.2) is 37.3 Å². The lowest BCUT2D eigenvalue weighted by atomic mass is 10.1. The first-order valence-electron chi connectivity index (χ1n) is 7.71. The van der Waals surface area contributed by atoms with Gasteiger partial charge in [-0.3, -0.25) is 4.98 Å². The Morgan fingerprint density at radius 2 is 2.25 bits per heavy atom. The molecule has 0 radical (unpaired) electrons. The normalized spacial score (nSPS) is 24.7. The van der Waals surface area contributed by atoms with Gasteiger partial charge in [0, 0.05) is 12.6 Å².